The summed E-state index contributed by atoms with van der Waals surface area (Å²) in [5, 5.41) is 5.47. The molecule has 0 bridgehead atoms. The number of hydrogen-bond donors (Lipinski definition) is 3. The van der Waals surface area contributed by atoms with Gasteiger partial charge in [0.2, 0.25) is 0 Å². The van der Waals surface area contributed by atoms with Crippen LogP contribution in [0.1, 0.15) is 34.3 Å². The molecule has 1 aromatic carbocycles. The Morgan fingerprint density at radius 3 is 2.73 bits per heavy atom. The summed E-state index contributed by atoms with van der Waals surface area (Å²) in [7, 11) is 0. The lowest BCUT2D eigenvalue weighted by atomic mass is 10.1. The fraction of sp³-hybridized carbons (Fsp3) is 0.250. The van der Waals surface area contributed by atoms with Gasteiger partial charge in [0.15, 0.2) is 5.76 Å². The minimum absolute atomic E-state index is 0.0409. The lowest BCUT2D eigenvalue weighted by molar-refractivity contribution is 0.0950. The molecule has 22 heavy (non-hydrogen) atoms. The molecule has 116 valence electrons. The van der Waals surface area contributed by atoms with Crippen molar-refractivity contribution in [2.45, 2.75) is 19.4 Å². The van der Waals surface area contributed by atoms with Gasteiger partial charge in [-0.2, -0.15) is 0 Å². The molecule has 6 heteroatoms. The number of rotatable bonds is 6. The van der Waals surface area contributed by atoms with Crippen LogP contribution in [0.3, 0.4) is 0 Å². The third kappa shape index (κ3) is 4.46. The molecule has 6 nitrogen and oxygen atoms in total. The van der Waals surface area contributed by atoms with E-state index in [2.05, 4.69) is 10.6 Å². The van der Waals surface area contributed by atoms with Gasteiger partial charge in [-0.3, -0.25) is 9.59 Å². The third-order valence-corrected chi connectivity index (χ3v) is 3.01. The Hall–Kier alpha value is -2.60. The Morgan fingerprint density at radius 1 is 1.23 bits per heavy atom. The van der Waals surface area contributed by atoms with Gasteiger partial charge in [-0.05, 0) is 43.7 Å². The average molecular weight is 301 g/mol. The molecule has 2 rings (SSSR count). The molecule has 0 saturated carbocycles. The first-order chi connectivity index (χ1) is 10.6. The quantitative estimate of drug-likeness (QED) is 0.760. The van der Waals surface area contributed by atoms with Gasteiger partial charge >= 0.3 is 0 Å². The molecule has 1 aromatic heterocycles. The number of benzene rings is 1. The van der Waals surface area contributed by atoms with Crippen LogP contribution in [0.4, 0.5) is 5.69 Å². The zero-order valence-electron chi connectivity index (χ0n) is 12.3. The topological polar surface area (TPSA) is 97.4 Å². The average Bonchev–Trinajstić information content (AvgIpc) is 3.01. The number of carbonyl (C=O) groups excluding carboxylic acids is 2. The molecular weight excluding hydrogens is 282 g/mol. The third-order valence-electron chi connectivity index (χ3n) is 3.01. The molecule has 4 N–H and O–H groups in total. The van der Waals surface area contributed by atoms with Gasteiger partial charge in [0.25, 0.3) is 11.8 Å². The zero-order valence-corrected chi connectivity index (χ0v) is 12.3. The predicted octanol–water partition coefficient (Wildman–Crippen LogP) is 2.00. The molecule has 0 aliphatic heterocycles. The van der Waals surface area contributed by atoms with Crippen LogP contribution in [0.25, 0.3) is 0 Å². The highest BCUT2D eigenvalue weighted by atomic mass is 16.3. The van der Waals surface area contributed by atoms with Gasteiger partial charge in [0.1, 0.15) is 0 Å². The van der Waals surface area contributed by atoms with Crippen molar-refractivity contribution in [3.8, 4) is 0 Å². The smallest absolute Gasteiger partial charge is 0.291 e. The zero-order chi connectivity index (χ0) is 15.9. The van der Waals surface area contributed by atoms with Crippen LogP contribution in [-0.2, 0) is 0 Å². The van der Waals surface area contributed by atoms with Gasteiger partial charge < -0.3 is 20.8 Å². The first-order valence-corrected chi connectivity index (χ1v) is 7.05. The number of amides is 2. The summed E-state index contributed by atoms with van der Waals surface area (Å²) < 4.78 is 5.02. The number of nitrogens with one attached hydrogen (secondary N) is 2. The van der Waals surface area contributed by atoms with E-state index < -0.39 is 0 Å². The molecular formula is C16H19N3O3. The SMILES string of the molecule is CC(N)CCNC(=O)c1cccc(NC(=O)c2ccco2)c1. The molecule has 0 saturated heterocycles. The number of nitrogens with two attached hydrogens (primary N) is 1. The van der Waals surface area contributed by atoms with Crippen molar-refractivity contribution >= 4 is 17.5 Å². The van der Waals surface area contributed by atoms with Crippen molar-refractivity contribution in [1.82, 2.24) is 5.32 Å². The number of anilines is 1. The molecule has 0 aliphatic rings. The second-order valence-corrected chi connectivity index (χ2v) is 5.03. The van der Waals surface area contributed by atoms with Crippen LogP contribution in [0.15, 0.2) is 47.1 Å². The van der Waals surface area contributed by atoms with Gasteiger partial charge in [-0.1, -0.05) is 6.07 Å². The molecule has 0 radical (unpaired) electrons. The van der Waals surface area contributed by atoms with Crippen molar-refractivity contribution in [2.24, 2.45) is 5.73 Å². The first-order valence-electron chi connectivity index (χ1n) is 7.05. The molecule has 0 aliphatic carbocycles. The second kappa shape index (κ2) is 7.42. The van der Waals surface area contributed by atoms with E-state index in [-0.39, 0.29) is 23.6 Å². The fourth-order valence-corrected chi connectivity index (χ4v) is 1.85. The van der Waals surface area contributed by atoms with Crippen LogP contribution in [0, 0.1) is 0 Å². The van der Waals surface area contributed by atoms with Crippen LogP contribution in [0.2, 0.25) is 0 Å². The molecule has 2 amide bonds. The fourth-order valence-electron chi connectivity index (χ4n) is 1.85. The van der Waals surface area contributed by atoms with Crippen molar-refractivity contribution in [3.63, 3.8) is 0 Å². The Morgan fingerprint density at radius 2 is 2.05 bits per heavy atom. The van der Waals surface area contributed by atoms with Gasteiger partial charge in [0, 0.05) is 23.8 Å². The standard InChI is InChI=1S/C16H19N3O3/c1-11(17)7-8-18-15(20)12-4-2-5-13(10-12)19-16(21)14-6-3-9-22-14/h2-6,9-11H,7-8,17H2,1H3,(H,18,20)(H,19,21). The minimum atomic E-state index is -0.362. The van der Waals surface area contributed by atoms with Crippen molar-refractivity contribution < 1.29 is 14.0 Å². The van der Waals surface area contributed by atoms with Crippen LogP contribution in [-0.4, -0.2) is 24.4 Å². The summed E-state index contributed by atoms with van der Waals surface area (Å²) in [6, 6.07) is 9.96. The number of furan rings is 1. The maximum atomic E-state index is 12.0. The van der Waals surface area contributed by atoms with Crippen LogP contribution >= 0.6 is 0 Å². The molecule has 0 spiro atoms. The van der Waals surface area contributed by atoms with Crippen molar-refractivity contribution in [3.05, 3.63) is 54.0 Å². The van der Waals surface area contributed by atoms with Crippen LogP contribution in [0.5, 0.6) is 0 Å². The normalized spacial score (nSPS) is 11.7. The number of hydrogen-bond acceptors (Lipinski definition) is 4. The molecule has 1 unspecified atom stereocenters. The van der Waals surface area contributed by atoms with E-state index in [4.69, 9.17) is 10.2 Å². The lowest BCUT2D eigenvalue weighted by Crippen LogP contribution is -2.29. The van der Waals surface area contributed by atoms with Gasteiger partial charge in [0.05, 0.1) is 6.26 Å². The molecule has 0 fully saturated rings. The maximum absolute atomic E-state index is 12.0. The van der Waals surface area contributed by atoms with E-state index in [1.54, 1.807) is 36.4 Å². The largest absolute Gasteiger partial charge is 0.459 e. The van der Waals surface area contributed by atoms with Crippen molar-refractivity contribution in [1.29, 1.82) is 0 Å². The minimum Gasteiger partial charge on any atom is -0.459 e. The highest BCUT2D eigenvalue weighted by Crippen LogP contribution is 2.12. The lowest BCUT2D eigenvalue weighted by Gasteiger charge is -2.09. The van der Waals surface area contributed by atoms with E-state index >= 15 is 0 Å². The predicted molar refractivity (Wildman–Crippen MR) is 83.7 cm³/mol. The summed E-state index contributed by atoms with van der Waals surface area (Å²) in [4.78, 5) is 23.9. The molecule has 2 aromatic rings. The Balaban J connectivity index is 1.97. The summed E-state index contributed by atoms with van der Waals surface area (Å²) in [6.07, 6.45) is 2.14. The first kappa shape index (κ1) is 15.8. The van der Waals surface area contributed by atoms with E-state index in [1.165, 1.54) is 6.26 Å². The van der Waals surface area contributed by atoms with Crippen molar-refractivity contribution in [2.75, 3.05) is 11.9 Å². The summed E-state index contributed by atoms with van der Waals surface area (Å²) in [6.45, 7) is 2.40. The number of carbonyl (C=O) groups is 2. The van der Waals surface area contributed by atoms with E-state index in [1.807, 2.05) is 6.92 Å². The van der Waals surface area contributed by atoms with E-state index in [0.29, 0.717) is 24.2 Å². The molecule has 1 heterocycles. The highest BCUT2D eigenvalue weighted by Gasteiger charge is 2.10. The monoisotopic (exact) mass is 301 g/mol. The summed E-state index contributed by atoms with van der Waals surface area (Å²) >= 11 is 0. The second-order valence-electron chi connectivity index (χ2n) is 5.03. The van der Waals surface area contributed by atoms with Gasteiger partial charge in [-0.25, -0.2) is 0 Å². The van der Waals surface area contributed by atoms with Crippen LogP contribution < -0.4 is 16.4 Å². The summed E-state index contributed by atoms with van der Waals surface area (Å²) in [5.41, 5.74) is 6.64. The van der Waals surface area contributed by atoms with E-state index in [9.17, 15) is 9.59 Å². The Bertz CT molecular complexity index is 636. The van der Waals surface area contributed by atoms with E-state index in [0.717, 1.165) is 0 Å². The highest BCUT2D eigenvalue weighted by molar-refractivity contribution is 6.03. The molecule has 1 atom stereocenters. The van der Waals surface area contributed by atoms with Gasteiger partial charge in [-0.15, -0.1) is 0 Å². The summed E-state index contributed by atoms with van der Waals surface area (Å²) in [5.74, 6) is -0.346. The maximum Gasteiger partial charge on any atom is 0.291 e. The Kier molecular flexibility index (Phi) is 5.32. The Labute approximate surface area is 128 Å².